The Kier molecular flexibility index (Phi) is 4.47. The fourth-order valence-electron chi connectivity index (χ4n) is 3.42. The van der Waals surface area contributed by atoms with Crippen LogP contribution < -0.4 is 0 Å². The Balaban J connectivity index is 1.42. The van der Waals surface area contributed by atoms with Crippen LogP contribution in [0, 0.1) is 12.8 Å². The van der Waals surface area contributed by atoms with Crippen LogP contribution in [0.5, 0.6) is 0 Å². The second-order valence-corrected chi connectivity index (χ2v) is 6.71. The van der Waals surface area contributed by atoms with E-state index in [0.29, 0.717) is 11.5 Å². The van der Waals surface area contributed by atoms with Gasteiger partial charge in [0.15, 0.2) is 0 Å². The number of likely N-dealkylation sites (tertiary alicyclic amines) is 1. The van der Waals surface area contributed by atoms with Gasteiger partial charge >= 0.3 is 0 Å². The molecule has 3 aromatic rings. The lowest BCUT2D eigenvalue weighted by Crippen LogP contribution is -2.41. The molecule has 1 unspecified atom stereocenters. The van der Waals surface area contributed by atoms with Crippen molar-refractivity contribution in [1.29, 1.82) is 0 Å². The van der Waals surface area contributed by atoms with Crippen LogP contribution in [0.2, 0.25) is 0 Å². The van der Waals surface area contributed by atoms with Gasteiger partial charge in [0, 0.05) is 31.5 Å². The van der Waals surface area contributed by atoms with Crippen molar-refractivity contribution in [3.05, 3.63) is 48.0 Å². The van der Waals surface area contributed by atoms with E-state index < -0.39 is 0 Å². The molecule has 1 saturated heterocycles. The molecule has 8 nitrogen and oxygen atoms in total. The molecule has 0 bridgehead atoms. The normalized spacial score (nSPS) is 17.4. The van der Waals surface area contributed by atoms with Crippen LogP contribution in [-0.2, 0) is 6.54 Å². The third kappa shape index (κ3) is 3.35. The van der Waals surface area contributed by atoms with Gasteiger partial charge in [-0.1, -0.05) is 11.3 Å². The number of aryl methyl sites for hydroxylation is 1. The summed E-state index contributed by atoms with van der Waals surface area (Å²) in [5.74, 6) is 0.409. The summed E-state index contributed by atoms with van der Waals surface area (Å²) < 4.78 is 1.85. The quantitative estimate of drug-likeness (QED) is 0.775. The van der Waals surface area contributed by atoms with Crippen LogP contribution in [0.25, 0.3) is 11.4 Å². The van der Waals surface area contributed by atoms with Gasteiger partial charge in [-0.2, -0.15) is 5.10 Å². The van der Waals surface area contributed by atoms with E-state index in [1.54, 1.807) is 12.4 Å². The van der Waals surface area contributed by atoms with Gasteiger partial charge in [-0.15, -0.1) is 5.10 Å². The van der Waals surface area contributed by atoms with Crippen molar-refractivity contribution in [3.63, 3.8) is 0 Å². The van der Waals surface area contributed by atoms with Gasteiger partial charge in [0.2, 0.25) is 0 Å². The maximum absolute atomic E-state index is 12.7. The first-order valence-electron chi connectivity index (χ1n) is 8.81. The summed E-state index contributed by atoms with van der Waals surface area (Å²) in [6.45, 7) is 4.13. The molecule has 1 amide bonds. The fraction of sp³-hybridized carbons (Fsp3) is 0.389. The predicted octanol–water partition coefficient (Wildman–Crippen LogP) is 1.92. The Labute approximate surface area is 151 Å². The Hall–Kier alpha value is -3.03. The molecule has 1 N–H and O–H groups in total. The van der Waals surface area contributed by atoms with Gasteiger partial charge in [0.25, 0.3) is 5.91 Å². The Morgan fingerprint density at radius 1 is 1.35 bits per heavy atom. The minimum absolute atomic E-state index is 0.0497. The van der Waals surface area contributed by atoms with Crippen molar-refractivity contribution in [1.82, 2.24) is 35.1 Å². The van der Waals surface area contributed by atoms with E-state index in [1.165, 1.54) is 0 Å². The average molecular weight is 351 g/mol. The highest BCUT2D eigenvalue weighted by Crippen LogP contribution is 2.21. The first-order valence-corrected chi connectivity index (χ1v) is 8.81. The van der Waals surface area contributed by atoms with Crippen molar-refractivity contribution < 1.29 is 4.79 Å². The monoisotopic (exact) mass is 351 g/mol. The lowest BCUT2D eigenvalue weighted by atomic mass is 9.97. The molecule has 4 rings (SSSR count). The summed E-state index contributed by atoms with van der Waals surface area (Å²) in [6, 6.07) is 5.73. The largest absolute Gasteiger partial charge is 0.338 e. The van der Waals surface area contributed by atoms with Crippen molar-refractivity contribution in [2.75, 3.05) is 13.1 Å². The van der Waals surface area contributed by atoms with E-state index in [0.717, 1.165) is 49.6 Å². The number of piperidine rings is 1. The standard InChI is InChI=1S/C18H21N7O/c1-13-15(9-20-21-13)18(26)24-8-4-5-14(10-24)11-25-12-17(22-23-25)16-6-2-3-7-19-16/h2-3,6-7,9,12,14H,4-5,8,10-11H2,1H3,(H,20,21). The van der Waals surface area contributed by atoms with Gasteiger partial charge in [0.05, 0.1) is 23.7 Å². The molecule has 4 heterocycles. The highest BCUT2D eigenvalue weighted by Gasteiger charge is 2.26. The fourth-order valence-corrected chi connectivity index (χ4v) is 3.42. The molecule has 134 valence electrons. The Morgan fingerprint density at radius 3 is 3.04 bits per heavy atom. The average Bonchev–Trinajstić information content (AvgIpc) is 3.31. The summed E-state index contributed by atoms with van der Waals surface area (Å²) in [5.41, 5.74) is 3.05. The number of hydrogen-bond acceptors (Lipinski definition) is 5. The summed E-state index contributed by atoms with van der Waals surface area (Å²) in [5, 5.41) is 15.2. The summed E-state index contributed by atoms with van der Waals surface area (Å²) in [6.07, 6.45) is 7.35. The molecule has 8 heteroatoms. The maximum Gasteiger partial charge on any atom is 0.257 e. The molecule has 0 saturated carbocycles. The smallest absolute Gasteiger partial charge is 0.257 e. The highest BCUT2D eigenvalue weighted by atomic mass is 16.2. The molecule has 0 aliphatic carbocycles. The van der Waals surface area contributed by atoms with Gasteiger partial charge in [-0.3, -0.25) is 19.6 Å². The highest BCUT2D eigenvalue weighted by molar-refractivity contribution is 5.95. The molecule has 1 aliphatic heterocycles. The van der Waals surface area contributed by atoms with E-state index in [2.05, 4.69) is 25.5 Å². The van der Waals surface area contributed by atoms with Crippen molar-refractivity contribution in [2.24, 2.45) is 5.92 Å². The van der Waals surface area contributed by atoms with Gasteiger partial charge in [0.1, 0.15) is 5.69 Å². The molecular formula is C18H21N7O. The molecule has 0 aromatic carbocycles. The lowest BCUT2D eigenvalue weighted by Gasteiger charge is -2.32. The van der Waals surface area contributed by atoms with E-state index in [4.69, 9.17) is 0 Å². The zero-order valence-electron chi connectivity index (χ0n) is 14.7. The first kappa shape index (κ1) is 16.4. The van der Waals surface area contributed by atoms with Crippen molar-refractivity contribution in [2.45, 2.75) is 26.3 Å². The number of H-pyrrole nitrogens is 1. The van der Waals surface area contributed by atoms with Gasteiger partial charge in [-0.05, 0) is 37.8 Å². The molecule has 1 aliphatic rings. The van der Waals surface area contributed by atoms with Crippen molar-refractivity contribution in [3.8, 4) is 11.4 Å². The number of pyridine rings is 1. The molecule has 1 fully saturated rings. The number of aromatic nitrogens is 6. The van der Waals surface area contributed by atoms with E-state index in [9.17, 15) is 4.79 Å². The van der Waals surface area contributed by atoms with Crippen LogP contribution >= 0.6 is 0 Å². The molecule has 0 spiro atoms. The second kappa shape index (κ2) is 7.07. The third-order valence-electron chi connectivity index (χ3n) is 4.78. The summed E-state index contributed by atoms with van der Waals surface area (Å²) in [4.78, 5) is 18.9. The van der Waals surface area contributed by atoms with Crippen LogP contribution in [0.15, 0.2) is 36.8 Å². The second-order valence-electron chi connectivity index (χ2n) is 6.71. The topological polar surface area (TPSA) is 92.6 Å². The van der Waals surface area contributed by atoms with Crippen molar-refractivity contribution >= 4 is 5.91 Å². The predicted molar refractivity (Wildman–Crippen MR) is 95.2 cm³/mol. The number of hydrogen-bond donors (Lipinski definition) is 1. The van der Waals surface area contributed by atoms with Crippen LogP contribution in [0.3, 0.4) is 0 Å². The number of aromatic amines is 1. The van der Waals surface area contributed by atoms with E-state index >= 15 is 0 Å². The molecule has 3 aromatic heterocycles. The third-order valence-corrected chi connectivity index (χ3v) is 4.78. The number of nitrogens with one attached hydrogen (secondary N) is 1. The molecule has 1 atom stereocenters. The number of nitrogens with zero attached hydrogens (tertiary/aromatic N) is 6. The Bertz CT molecular complexity index is 886. The SMILES string of the molecule is Cc1[nH]ncc1C(=O)N1CCCC(Cn2cc(-c3ccccn3)nn2)C1. The zero-order chi connectivity index (χ0) is 17.9. The molecule has 0 radical (unpaired) electrons. The summed E-state index contributed by atoms with van der Waals surface area (Å²) >= 11 is 0. The minimum atomic E-state index is 0.0497. The Morgan fingerprint density at radius 2 is 2.27 bits per heavy atom. The van der Waals surface area contributed by atoms with E-state index in [1.807, 2.05) is 40.9 Å². The number of amides is 1. The minimum Gasteiger partial charge on any atom is -0.338 e. The summed E-state index contributed by atoms with van der Waals surface area (Å²) in [7, 11) is 0. The zero-order valence-corrected chi connectivity index (χ0v) is 14.7. The van der Waals surface area contributed by atoms with E-state index in [-0.39, 0.29) is 5.91 Å². The number of carbonyl (C=O) groups excluding carboxylic acids is 1. The number of rotatable bonds is 4. The van der Waals surface area contributed by atoms with Gasteiger partial charge < -0.3 is 4.90 Å². The van der Waals surface area contributed by atoms with Crippen LogP contribution in [0.4, 0.5) is 0 Å². The van der Waals surface area contributed by atoms with Gasteiger partial charge in [-0.25, -0.2) is 0 Å². The maximum atomic E-state index is 12.7. The lowest BCUT2D eigenvalue weighted by molar-refractivity contribution is 0.0658. The molecule has 26 heavy (non-hydrogen) atoms. The van der Waals surface area contributed by atoms with Crippen LogP contribution in [0.1, 0.15) is 28.9 Å². The molecular weight excluding hydrogens is 330 g/mol. The van der Waals surface area contributed by atoms with Crippen LogP contribution in [-0.4, -0.2) is 54.1 Å². The first-order chi connectivity index (χ1) is 12.7. The number of carbonyl (C=O) groups is 1.